The van der Waals surface area contributed by atoms with Gasteiger partial charge in [-0.15, -0.1) is 0 Å². The van der Waals surface area contributed by atoms with Crippen LogP contribution in [0.4, 0.5) is 17.1 Å². The van der Waals surface area contributed by atoms with Crippen LogP contribution in [-0.2, 0) is 0 Å². The maximum atomic E-state index is 6.51. The molecule has 8 aromatic carbocycles. The molecule has 0 N–H and O–H groups in total. The Bertz CT molecular complexity index is 2760. The predicted molar refractivity (Wildman–Crippen MR) is 210 cm³/mol. The van der Waals surface area contributed by atoms with E-state index >= 15 is 0 Å². The molecule has 0 aliphatic rings. The number of benzene rings is 8. The Morgan fingerprint density at radius 3 is 1.65 bits per heavy atom. The fourth-order valence-electron chi connectivity index (χ4n) is 7.21. The molecule has 2 aromatic heterocycles. The summed E-state index contributed by atoms with van der Waals surface area (Å²) >= 11 is 0. The summed E-state index contributed by atoms with van der Waals surface area (Å²) in [5, 5.41) is 4.35. The van der Waals surface area contributed by atoms with Crippen molar-refractivity contribution in [2.24, 2.45) is 0 Å². The molecule has 0 atom stereocenters. The van der Waals surface area contributed by atoms with Crippen molar-refractivity contribution in [3.63, 3.8) is 0 Å². The van der Waals surface area contributed by atoms with Crippen LogP contribution in [0.3, 0.4) is 0 Å². The first-order valence-corrected chi connectivity index (χ1v) is 17.1. The third-order valence-electron chi connectivity index (χ3n) is 9.70. The quantitative estimate of drug-likeness (QED) is 0.179. The molecule has 10 rings (SSSR count). The molecule has 0 aliphatic carbocycles. The van der Waals surface area contributed by atoms with Crippen molar-refractivity contribution in [1.82, 2.24) is 4.98 Å². The lowest BCUT2D eigenvalue weighted by molar-refractivity contribution is 0.620. The first kappa shape index (κ1) is 29.0. The zero-order valence-electron chi connectivity index (χ0n) is 27.5. The van der Waals surface area contributed by atoms with E-state index in [1.54, 1.807) is 0 Å². The molecule has 51 heavy (non-hydrogen) atoms. The van der Waals surface area contributed by atoms with Crippen LogP contribution in [0.5, 0.6) is 0 Å². The number of furan rings is 1. The summed E-state index contributed by atoms with van der Waals surface area (Å²) in [4.78, 5) is 7.03. The second-order valence-corrected chi connectivity index (χ2v) is 12.8. The molecule has 0 bridgehead atoms. The van der Waals surface area contributed by atoms with Crippen LogP contribution >= 0.6 is 0 Å². The summed E-state index contributed by atoms with van der Waals surface area (Å²) in [5.74, 6) is 0.602. The van der Waals surface area contributed by atoms with E-state index in [-0.39, 0.29) is 0 Å². The van der Waals surface area contributed by atoms with Gasteiger partial charge in [0.05, 0.1) is 0 Å². The van der Waals surface area contributed by atoms with Crippen molar-refractivity contribution < 1.29 is 8.83 Å². The molecule has 0 saturated heterocycles. The molecule has 240 valence electrons. The van der Waals surface area contributed by atoms with Crippen LogP contribution < -0.4 is 4.90 Å². The lowest BCUT2D eigenvalue weighted by Crippen LogP contribution is -2.09. The minimum atomic E-state index is 0.602. The highest BCUT2D eigenvalue weighted by Gasteiger charge is 2.17. The number of oxazole rings is 1. The Morgan fingerprint density at radius 2 is 0.941 bits per heavy atom. The summed E-state index contributed by atoms with van der Waals surface area (Å²) < 4.78 is 12.6. The lowest BCUT2D eigenvalue weighted by Gasteiger charge is -2.25. The smallest absolute Gasteiger partial charge is 0.227 e. The van der Waals surface area contributed by atoms with Crippen molar-refractivity contribution in [1.29, 1.82) is 0 Å². The topological polar surface area (TPSA) is 42.4 Å². The highest BCUT2D eigenvalue weighted by Crippen LogP contribution is 2.42. The number of aromatic nitrogens is 1. The minimum absolute atomic E-state index is 0.602. The van der Waals surface area contributed by atoms with Gasteiger partial charge in [-0.25, -0.2) is 4.98 Å². The highest BCUT2D eigenvalue weighted by atomic mass is 16.3. The van der Waals surface area contributed by atoms with E-state index in [0.717, 1.165) is 77.6 Å². The average Bonchev–Trinajstić information content (AvgIpc) is 3.81. The fourth-order valence-corrected chi connectivity index (χ4v) is 7.21. The Hall–Kier alpha value is -6.91. The minimum Gasteiger partial charge on any atom is -0.455 e. The molecule has 0 spiro atoms. The summed E-state index contributed by atoms with van der Waals surface area (Å²) in [5.41, 5.74) is 12.3. The average molecular weight is 655 g/mol. The van der Waals surface area contributed by atoms with Crippen LogP contribution in [0.1, 0.15) is 0 Å². The van der Waals surface area contributed by atoms with Gasteiger partial charge in [0.1, 0.15) is 16.7 Å². The molecule has 4 heteroatoms. The molecular weight excluding hydrogens is 625 g/mol. The van der Waals surface area contributed by atoms with Gasteiger partial charge in [-0.3, -0.25) is 0 Å². The Morgan fingerprint density at radius 1 is 0.373 bits per heavy atom. The van der Waals surface area contributed by atoms with Gasteiger partial charge in [0.15, 0.2) is 5.58 Å². The molecule has 0 radical (unpaired) electrons. The van der Waals surface area contributed by atoms with E-state index in [9.17, 15) is 0 Å². The third-order valence-corrected chi connectivity index (χ3v) is 9.70. The number of nitrogens with zero attached hydrogens (tertiary/aromatic N) is 2. The Balaban J connectivity index is 1.03. The largest absolute Gasteiger partial charge is 0.455 e. The fraction of sp³-hybridized carbons (Fsp3) is 0. The highest BCUT2D eigenvalue weighted by molar-refractivity contribution is 6.19. The van der Waals surface area contributed by atoms with Gasteiger partial charge in [0.25, 0.3) is 0 Å². The zero-order chi connectivity index (χ0) is 33.7. The number of rotatable bonds is 6. The van der Waals surface area contributed by atoms with Crippen molar-refractivity contribution in [3.8, 4) is 33.7 Å². The Labute approximate surface area is 294 Å². The van der Waals surface area contributed by atoms with Crippen molar-refractivity contribution >= 4 is 60.9 Å². The van der Waals surface area contributed by atoms with Gasteiger partial charge >= 0.3 is 0 Å². The number of fused-ring (bicyclic) bond motifs is 6. The second kappa shape index (κ2) is 11.9. The van der Waals surface area contributed by atoms with E-state index < -0.39 is 0 Å². The van der Waals surface area contributed by atoms with Crippen LogP contribution in [0.25, 0.3) is 77.5 Å². The summed E-state index contributed by atoms with van der Waals surface area (Å²) in [6.45, 7) is 0. The molecule has 10 aromatic rings. The SMILES string of the molecule is c1ccc(N(c2ccccc2)c2ccc(-c3ccc(-c4cc5c6cc(-c7nc8ccccc8o7)ccc6oc5c5ccccc45)cc3)cc2)cc1. The molecule has 4 nitrogen and oxygen atoms in total. The van der Waals surface area contributed by atoms with Crippen LogP contribution in [0.2, 0.25) is 0 Å². The van der Waals surface area contributed by atoms with Gasteiger partial charge in [0.2, 0.25) is 5.89 Å². The van der Waals surface area contributed by atoms with Gasteiger partial charge in [0, 0.05) is 38.8 Å². The normalized spacial score (nSPS) is 11.5. The number of anilines is 3. The summed E-state index contributed by atoms with van der Waals surface area (Å²) in [6, 6.07) is 63.5. The van der Waals surface area contributed by atoms with Crippen LogP contribution in [-0.4, -0.2) is 4.98 Å². The predicted octanol–water partition coefficient (Wildman–Crippen LogP) is 13.4. The first-order chi connectivity index (χ1) is 25.3. The molecule has 0 fully saturated rings. The first-order valence-electron chi connectivity index (χ1n) is 17.1. The standard InChI is InChI=1S/C47H30N2O2/c1-3-11-35(12-4-1)49(36-13-5-2-6-14-36)37-26-23-32(24-27-37)31-19-21-33(22-20-31)40-30-42-41-29-34(47-48-43-17-9-10-18-45(43)51-47)25-28-44(41)50-46(42)39-16-8-7-15-38(39)40/h1-30H. The zero-order valence-corrected chi connectivity index (χ0v) is 27.5. The monoisotopic (exact) mass is 654 g/mol. The summed E-state index contributed by atoms with van der Waals surface area (Å²) in [6.07, 6.45) is 0. The molecule has 0 aliphatic heterocycles. The lowest BCUT2D eigenvalue weighted by atomic mass is 9.94. The van der Waals surface area contributed by atoms with E-state index in [1.807, 2.05) is 36.4 Å². The number of hydrogen-bond acceptors (Lipinski definition) is 4. The van der Waals surface area contributed by atoms with Gasteiger partial charge in [-0.2, -0.15) is 0 Å². The van der Waals surface area contributed by atoms with Gasteiger partial charge in [-0.05, 0) is 100 Å². The Kier molecular flexibility index (Phi) is 6.78. The molecular formula is C47H30N2O2. The molecule has 0 unspecified atom stereocenters. The third kappa shape index (κ3) is 5.04. The van der Waals surface area contributed by atoms with E-state index in [2.05, 4.69) is 150 Å². The maximum absolute atomic E-state index is 6.51. The van der Waals surface area contributed by atoms with Crippen molar-refractivity contribution in [2.45, 2.75) is 0 Å². The van der Waals surface area contributed by atoms with E-state index in [0.29, 0.717) is 5.89 Å². The second-order valence-electron chi connectivity index (χ2n) is 12.8. The number of hydrogen-bond donors (Lipinski definition) is 0. The van der Waals surface area contributed by atoms with Crippen molar-refractivity contribution in [3.05, 3.63) is 182 Å². The molecule has 2 heterocycles. The summed E-state index contributed by atoms with van der Waals surface area (Å²) in [7, 11) is 0. The van der Waals surface area contributed by atoms with Gasteiger partial charge in [-0.1, -0.05) is 109 Å². The number of para-hydroxylation sites is 4. The van der Waals surface area contributed by atoms with E-state index in [4.69, 9.17) is 13.8 Å². The maximum Gasteiger partial charge on any atom is 0.227 e. The molecule has 0 amide bonds. The van der Waals surface area contributed by atoms with Crippen LogP contribution in [0.15, 0.2) is 191 Å². The van der Waals surface area contributed by atoms with Crippen molar-refractivity contribution in [2.75, 3.05) is 4.90 Å². The van der Waals surface area contributed by atoms with Gasteiger partial charge < -0.3 is 13.7 Å². The molecule has 0 saturated carbocycles. The van der Waals surface area contributed by atoms with E-state index in [1.165, 1.54) is 11.1 Å². The van der Waals surface area contributed by atoms with Crippen LogP contribution in [0, 0.1) is 0 Å².